The Kier molecular flexibility index (Phi) is 7.72. The fourth-order valence-corrected chi connectivity index (χ4v) is 3.48. The number of carbonyl (C=O) groups excluding carboxylic acids is 3. The van der Waals surface area contributed by atoms with Gasteiger partial charge in [0, 0.05) is 6.04 Å². The third kappa shape index (κ3) is 6.22. The zero-order valence-electron chi connectivity index (χ0n) is 15.1. The summed E-state index contributed by atoms with van der Waals surface area (Å²) >= 11 is 1.24. The van der Waals surface area contributed by atoms with Crippen LogP contribution in [0, 0.1) is 0 Å². The van der Waals surface area contributed by atoms with Crippen LogP contribution in [0.2, 0.25) is 0 Å². The van der Waals surface area contributed by atoms with Crippen molar-refractivity contribution in [1.29, 1.82) is 0 Å². The van der Waals surface area contributed by atoms with Crippen molar-refractivity contribution >= 4 is 29.5 Å². The van der Waals surface area contributed by atoms with Crippen LogP contribution >= 0.6 is 11.8 Å². The minimum absolute atomic E-state index is 0.00875. The van der Waals surface area contributed by atoms with Crippen molar-refractivity contribution < 1.29 is 19.1 Å². The van der Waals surface area contributed by atoms with Gasteiger partial charge in [0.15, 0.2) is 0 Å². The van der Waals surface area contributed by atoms with Crippen molar-refractivity contribution in [2.75, 3.05) is 18.9 Å². The molecule has 1 aliphatic heterocycles. The van der Waals surface area contributed by atoms with E-state index < -0.39 is 5.97 Å². The number of amides is 2. The first-order chi connectivity index (χ1) is 12.5. The average Bonchev–Trinajstić information content (AvgIpc) is 2.94. The lowest BCUT2D eigenvalue weighted by molar-refractivity contribution is -0.137. The third-order valence-electron chi connectivity index (χ3n) is 3.86. The number of ether oxygens (including phenoxy) is 1. The van der Waals surface area contributed by atoms with Gasteiger partial charge >= 0.3 is 5.97 Å². The number of rotatable bonds is 8. The van der Waals surface area contributed by atoms with Gasteiger partial charge in [-0.05, 0) is 32.3 Å². The molecule has 0 unspecified atom stereocenters. The maximum atomic E-state index is 12.3. The highest BCUT2D eigenvalue weighted by atomic mass is 32.2. The number of thioether (sulfide) groups is 1. The van der Waals surface area contributed by atoms with E-state index in [1.54, 1.807) is 6.92 Å². The van der Waals surface area contributed by atoms with E-state index in [9.17, 15) is 14.4 Å². The second kappa shape index (κ2) is 10.0. The van der Waals surface area contributed by atoms with Gasteiger partial charge in [-0.15, -0.1) is 0 Å². The number of benzene rings is 1. The fraction of sp³-hybridized carbons (Fsp3) is 0.421. The van der Waals surface area contributed by atoms with E-state index >= 15 is 0 Å². The smallest absolute Gasteiger partial charge is 0.333 e. The quantitative estimate of drug-likeness (QED) is 0.555. The lowest BCUT2D eigenvalue weighted by Crippen LogP contribution is -2.41. The van der Waals surface area contributed by atoms with Gasteiger partial charge in [-0.2, -0.15) is 0 Å². The fourth-order valence-electron chi connectivity index (χ4n) is 2.55. The lowest BCUT2D eigenvalue weighted by Gasteiger charge is -2.19. The minimum Gasteiger partial charge on any atom is -0.463 e. The Hall–Kier alpha value is -2.28. The molecule has 1 N–H and O–H groups in total. The number of nitrogens with zero attached hydrogens (tertiary/aromatic N) is 1. The van der Waals surface area contributed by atoms with Crippen LogP contribution < -0.4 is 5.32 Å². The third-order valence-corrected chi connectivity index (χ3v) is 4.88. The van der Waals surface area contributed by atoms with E-state index in [1.165, 1.54) is 28.3 Å². The average molecular weight is 376 g/mol. The SMILES string of the molecule is CCOC(=O)/C=C1\SCC(=O)N1CC(=O)N[C@H](C)CCc1ccccc1. The van der Waals surface area contributed by atoms with Crippen molar-refractivity contribution in [3.05, 3.63) is 47.0 Å². The summed E-state index contributed by atoms with van der Waals surface area (Å²) in [6, 6.07) is 10.1. The minimum atomic E-state index is -0.508. The van der Waals surface area contributed by atoms with Gasteiger partial charge in [0.2, 0.25) is 11.8 Å². The van der Waals surface area contributed by atoms with Gasteiger partial charge in [-0.1, -0.05) is 42.1 Å². The Bertz CT molecular complexity index is 675. The van der Waals surface area contributed by atoms with Crippen LogP contribution in [0.1, 0.15) is 25.8 Å². The maximum Gasteiger partial charge on any atom is 0.333 e. The molecule has 140 valence electrons. The molecule has 1 saturated heterocycles. The Labute approximate surface area is 158 Å². The molecule has 1 aromatic carbocycles. The molecular weight excluding hydrogens is 352 g/mol. The molecule has 1 atom stereocenters. The molecule has 26 heavy (non-hydrogen) atoms. The molecule has 0 aromatic heterocycles. The number of hydrogen-bond acceptors (Lipinski definition) is 5. The molecule has 1 fully saturated rings. The molecule has 0 bridgehead atoms. The zero-order chi connectivity index (χ0) is 18.9. The van der Waals surface area contributed by atoms with Crippen LogP contribution in [0.4, 0.5) is 0 Å². The van der Waals surface area contributed by atoms with Crippen molar-refractivity contribution in [2.45, 2.75) is 32.7 Å². The molecule has 2 rings (SSSR count). The number of carbonyl (C=O) groups is 3. The second-order valence-electron chi connectivity index (χ2n) is 6.00. The highest BCUT2D eigenvalue weighted by Crippen LogP contribution is 2.28. The van der Waals surface area contributed by atoms with E-state index in [2.05, 4.69) is 17.4 Å². The first-order valence-electron chi connectivity index (χ1n) is 8.64. The summed E-state index contributed by atoms with van der Waals surface area (Å²) in [6.07, 6.45) is 2.95. The molecule has 1 heterocycles. The number of nitrogens with one attached hydrogen (secondary N) is 1. The van der Waals surface area contributed by atoms with Crippen LogP contribution in [0.15, 0.2) is 41.4 Å². The molecule has 0 saturated carbocycles. The Morgan fingerprint density at radius 1 is 1.35 bits per heavy atom. The summed E-state index contributed by atoms with van der Waals surface area (Å²) in [5, 5.41) is 3.37. The molecular formula is C19H24N2O4S. The first kappa shape index (κ1) is 20.0. The van der Waals surface area contributed by atoms with Gasteiger partial charge < -0.3 is 10.1 Å². The normalized spacial score (nSPS) is 16.6. The van der Waals surface area contributed by atoms with Gasteiger partial charge in [0.25, 0.3) is 0 Å². The maximum absolute atomic E-state index is 12.3. The van der Waals surface area contributed by atoms with E-state index in [0.29, 0.717) is 5.03 Å². The predicted octanol–water partition coefficient (Wildman–Crippen LogP) is 2.10. The summed E-state index contributed by atoms with van der Waals surface area (Å²) < 4.78 is 4.86. The molecule has 0 aliphatic carbocycles. The summed E-state index contributed by atoms with van der Waals surface area (Å²) in [5.74, 6) is -0.706. The highest BCUT2D eigenvalue weighted by Gasteiger charge is 2.29. The van der Waals surface area contributed by atoms with Crippen LogP contribution in [-0.4, -0.2) is 47.6 Å². The van der Waals surface area contributed by atoms with E-state index in [0.717, 1.165) is 12.8 Å². The summed E-state index contributed by atoms with van der Waals surface area (Å²) in [4.78, 5) is 37.2. The molecule has 1 aromatic rings. The van der Waals surface area contributed by atoms with Crippen molar-refractivity contribution in [1.82, 2.24) is 10.2 Å². The Balaban J connectivity index is 1.84. The molecule has 0 radical (unpaired) electrons. The summed E-state index contributed by atoms with van der Waals surface area (Å²) in [6.45, 7) is 3.83. The number of esters is 1. The second-order valence-corrected chi connectivity index (χ2v) is 6.99. The van der Waals surface area contributed by atoms with Crippen LogP contribution in [0.25, 0.3) is 0 Å². The summed E-state index contributed by atoms with van der Waals surface area (Å²) in [5.41, 5.74) is 1.22. The van der Waals surface area contributed by atoms with Crippen LogP contribution in [-0.2, 0) is 25.5 Å². The zero-order valence-corrected chi connectivity index (χ0v) is 15.9. The predicted molar refractivity (Wildman–Crippen MR) is 101 cm³/mol. The van der Waals surface area contributed by atoms with Crippen molar-refractivity contribution in [3.63, 3.8) is 0 Å². The molecule has 6 nitrogen and oxygen atoms in total. The highest BCUT2D eigenvalue weighted by molar-refractivity contribution is 8.04. The standard InChI is InChI=1S/C19H24N2O4S/c1-3-25-19(24)11-18-21(17(23)13-26-18)12-16(22)20-14(2)9-10-15-7-5-4-6-8-15/h4-8,11,14H,3,9-10,12-13H2,1-2H3,(H,20,22)/b18-11-/t14-/m1/s1. The molecule has 1 aliphatic rings. The Morgan fingerprint density at radius 2 is 2.08 bits per heavy atom. The van der Waals surface area contributed by atoms with E-state index in [-0.39, 0.29) is 36.8 Å². The number of hydrogen-bond donors (Lipinski definition) is 1. The molecule has 2 amide bonds. The van der Waals surface area contributed by atoms with Crippen molar-refractivity contribution in [3.8, 4) is 0 Å². The Morgan fingerprint density at radius 3 is 2.77 bits per heavy atom. The summed E-state index contributed by atoms with van der Waals surface area (Å²) in [7, 11) is 0. The van der Waals surface area contributed by atoms with Gasteiger partial charge in [-0.3, -0.25) is 14.5 Å². The van der Waals surface area contributed by atoms with Gasteiger partial charge in [-0.25, -0.2) is 4.79 Å². The monoisotopic (exact) mass is 376 g/mol. The first-order valence-corrected chi connectivity index (χ1v) is 9.63. The number of aryl methyl sites for hydroxylation is 1. The topological polar surface area (TPSA) is 75.7 Å². The molecule has 7 heteroatoms. The van der Waals surface area contributed by atoms with Crippen LogP contribution in [0.5, 0.6) is 0 Å². The van der Waals surface area contributed by atoms with E-state index in [4.69, 9.17) is 4.74 Å². The van der Waals surface area contributed by atoms with Crippen molar-refractivity contribution in [2.24, 2.45) is 0 Å². The largest absolute Gasteiger partial charge is 0.463 e. The van der Waals surface area contributed by atoms with E-state index in [1.807, 2.05) is 25.1 Å². The lowest BCUT2D eigenvalue weighted by atomic mass is 10.1. The van der Waals surface area contributed by atoms with Crippen LogP contribution in [0.3, 0.4) is 0 Å². The van der Waals surface area contributed by atoms with Gasteiger partial charge in [0.1, 0.15) is 6.54 Å². The molecule has 0 spiro atoms. The van der Waals surface area contributed by atoms with Gasteiger partial charge in [0.05, 0.1) is 23.5 Å².